The van der Waals surface area contributed by atoms with E-state index in [0.717, 1.165) is 32.0 Å². The number of nitrogens with zero attached hydrogens (tertiary/aromatic N) is 1. The van der Waals surface area contributed by atoms with Crippen molar-refractivity contribution >= 4 is 11.5 Å². The predicted octanol–water partition coefficient (Wildman–Crippen LogP) is 0.698. The number of aliphatic hydroxyl groups excluding tert-OH is 1. The number of benzene rings is 1. The quantitative estimate of drug-likeness (QED) is 0.763. The Hall–Kier alpha value is -1.39. The first kappa shape index (κ1) is 11.1. The van der Waals surface area contributed by atoms with E-state index in [4.69, 9.17) is 9.84 Å². The van der Waals surface area contributed by atoms with E-state index in [1.54, 1.807) is 12.1 Å². The van der Waals surface area contributed by atoms with Crippen molar-refractivity contribution in [3.8, 4) is 0 Å². The van der Waals surface area contributed by atoms with E-state index < -0.39 is 6.61 Å². The summed E-state index contributed by atoms with van der Waals surface area (Å²) < 4.78 is 5.27. The van der Waals surface area contributed by atoms with Gasteiger partial charge in [-0.05, 0) is 24.3 Å². The molecule has 0 aliphatic carbocycles. The fraction of sp³-hybridized carbons (Fsp3) is 0.417. The summed E-state index contributed by atoms with van der Waals surface area (Å²) in [6.45, 7) is 2.83. The van der Waals surface area contributed by atoms with Crippen LogP contribution in [-0.2, 0) is 4.74 Å². The molecule has 1 heterocycles. The molecule has 1 N–H and O–H groups in total. The minimum Gasteiger partial charge on any atom is -0.388 e. The molecule has 0 spiro atoms. The highest BCUT2D eigenvalue weighted by Gasteiger charge is 2.11. The third-order valence-corrected chi connectivity index (χ3v) is 2.71. The van der Waals surface area contributed by atoms with E-state index in [-0.39, 0.29) is 5.78 Å². The lowest BCUT2D eigenvalue weighted by Gasteiger charge is -2.28. The van der Waals surface area contributed by atoms with Crippen molar-refractivity contribution in [2.24, 2.45) is 0 Å². The van der Waals surface area contributed by atoms with Crippen molar-refractivity contribution in [2.45, 2.75) is 0 Å². The molecule has 1 aliphatic heterocycles. The van der Waals surface area contributed by atoms with Crippen LogP contribution in [-0.4, -0.2) is 43.8 Å². The van der Waals surface area contributed by atoms with Crippen molar-refractivity contribution in [2.75, 3.05) is 37.8 Å². The van der Waals surface area contributed by atoms with Gasteiger partial charge >= 0.3 is 0 Å². The van der Waals surface area contributed by atoms with Crippen LogP contribution in [0.4, 0.5) is 5.69 Å². The molecule has 0 aromatic heterocycles. The molecule has 0 radical (unpaired) electrons. The molecule has 0 bridgehead atoms. The van der Waals surface area contributed by atoms with E-state index in [0.29, 0.717) is 5.56 Å². The number of carbonyl (C=O) groups excluding carboxylic acids is 1. The van der Waals surface area contributed by atoms with Gasteiger partial charge in [0, 0.05) is 24.3 Å². The molecule has 4 heteroatoms. The summed E-state index contributed by atoms with van der Waals surface area (Å²) in [5, 5.41) is 8.73. The maximum absolute atomic E-state index is 11.2. The third-order valence-electron chi connectivity index (χ3n) is 2.71. The van der Waals surface area contributed by atoms with Gasteiger partial charge in [-0.1, -0.05) is 0 Å². The standard InChI is InChI=1S/C12H15NO3/c14-9-12(15)10-1-3-11(4-2-10)13-5-7-16-8-6-13/h1-4,14H,5-9H2. The van der Waals surface area contributed by atoms with Crippen LogP contribution in [0.25, 0.3) is 0 Å². The first-order valence-electron chi connectivity index (χ1n) is 5.38. The Kier molecular flexibility index (Phi) is 3.54. The number of carbonyl (C=O) groups is 1. The molecule has 0 atom stereocenters. The second-order valence-electron chi connectivity index (χ2n) is 3.73. The SMILES string of the molecule is O=C(CO)c1ccc(N2CCOCC2)cc1. The minimum absolute atomic E-state index is 0.242. The Labute approximate surface area is 94.4 Å². The molecule has 4 nitrogen and oxygen atoms in total. The van der Waals surface area contributed by atoms with E-state index in [1.165, 1.54) is 0 Å². The summed E-state index contributed by atoms with van der Waals surface area (Å²) in [5.41, 5.74) is 1.65. The lowest BCUT2D eigenvalue weighted by atomic mass is 10.1. The largest absolute Gasteiger partial charge is 0.388 e. The fourth-order valence-electron chi connectivity index (χ4n) is 1.77. The first-order valence-corrected chi connectivity index (χ1v) is 5.38. The molecule has 1 aliphatic rings. The topological polar surface area (TPSA) is 49.8 Å². The van der Waals surface area contributed by atoms with Crippen LogP contribution >= 0.6 is 0 Å². The number of aliphatic hydroxyl groups is 1. The van der Waals surface area contributed by atoms with Gasteiger partial charge in [-0.15, -0.1) is 0 Å². The number of anilines is 1. The van der Waals surface area contributed by atoms with Crippen LogP contribution in [0.15, 0.2) is 24.3 Å². The van der Waals surface area contributed by atoms with E-state index in [9.17, 15) is 4.79 Å². The maximum Gasteiger partial charge on any atom is 0.188 e. The molecule has 0 saturated carbocycles. The Balaban J connectivity index is 2.09. The molecule has 1 fully saturated rings. The zero-order valence-corrected chi connectivity index (χ0v) is 9.06. The summed E-state index contributed by atoms with van der Waals surface area (Å²) in [6.07, 6.45) is 0. The van der Waals surface area contributed by atoms with Gasteiger partial charge in [-0.25, -0.2) is 0 Å². The van der Waals surface area contributed by atoms with E-state index >= 15 is 0 Å². The number of Topliss-reactive ketones (excluding diaryl/α,β-unsaturated/α-hetero) is 1. The Morgan fingerprint density at radius 2 is 1.88 bits per heavy atom. The highest BCUT2D eigenvalue weighted by atomic mass is 16.5. The molecular formula is C12H15NO3. The Morgan fingerprint density at radius 3 is 2.44 bits per heavy atom. The Morgan fingerprint density at radius 1 is 1.25 bits per heavy atom. The minimum atomic E-state index is -0.434. The summed E-state index contributed by atoms with van der Waals surface area (Å²) in [7, 11) is 0. The van der Waals surface area contributed by atoms with Gasteiger partial charge in [0.25, 0.3) is 0 Å². The van der Waals surface area contributed by atoms with Gasteiger partial charge in [0.2, 0.25) is 0 Å². The van der Waals surface area contributed by atoms with Gasteiger partial charge in [-0.3, -0.25) is 4.79 Å². The van der Waals surface area contributed by atoms with Gasteiger partial charge in [0.05, 0.1) is 13.2 Å². The molecule has 86 valence electrons. The number of rotatable bonds is 3. The zero-order chi connectivity index (χ0) is 11.4. The molecule has 1 saturated heterocycles. The van der Waals surface area contributed by atoms with Gasteiger partial charge in [0.1, 0.15) is 6.61 Å². The first-order chi connectivity index (χ1) is 7.81. The van der Waals surface area contributed by atoms with Gasteiger partial charge in [0.15, 0.2) is 5.78 Å². The number of hydrogen-bond acceptors (Lipinski definition) is 4. The summed E-state index contributed by atoms with van der Waals surface area (Å²) in [5.74, 6) is -0.242. The fourth-order valence-corrected chi connectivity index (χ4v) is 1.77. The van der Waals surface area contributed by atoms with Crippen LogP contribution in [0.1, 0.15) is 10.4 Å². The second-order valence-corrected chi connectivity index (χ2v) is 3.73. The molecule has 1 aromatic carbocycles. The number of hydrogen-bond donors (Lipinski definition) is 1. The molecule has 0 unspecified atom stereocenters. The highest BCUT2D eigenvalue weighted by molar-refractivity contribution is 5.97. The van der Waals surface area contributed by atoms with Crippen molar-refractivity contribution in [3.05, 3.63) is 29.8 Å². The summed E-state index contributed by atoms with van der Waals surface area (Å²) in [6, 6.07) is 7.33. The van der Waals surface area contributed by atoms with Crippen LogP contribution in [0.3, 0.4) is 0 Å². The number of morpholine rings is 1. The summed E-state index contributed by atoms with van der Waals surface area (Å²) >= 11 is 0. The van der Waals surface area contributed by atoms with Gasteiger partial charge < -0.3 is 14.7 Å². The average molecular weight is 221 g/mol. The lowest BCUT2D eigenvalue weighted by molar-refractivity contribution is 0.0903. The van der Waals surface area contributed by atoms with E-state index in [1.807, 2.05) is 12.1 Å². The van der Waals surface area contributed by atoms with Crippen LogP contribution < -0.4 is 4.90 Å². The molecule has 2 rings (SSSR count). The highest BCUT2D eigenvalue weighted by Crippen LogP contribution is 2.16. The van der Waals surface area contributed by atoms with Gasteiger partial charge in [-0.2, -0.15) is 0 Å². The van der Waals surface area contributed by atoms with Crippen molar-refractivity contribution < 1.29 is 14.6 Å². The zero-order valence-electron chi connectivity index (χ0n) is 9.06. The monoisotopic (exact) mass is 221 g/mol. The molecular weight excluding hydrogens is 206 g/mol. The smallest absolute Gasteiger partial charge is 0.188 e. The number of ether oxygens (including phenoxy) is 1. The predicted molar refractivity (Wildman–Crippen MR) is 60.9 cm³/mol. The lowest BCUT2D eigenvalue weighted by Crippen LogP contribution is -2.36. The molecule has 0 amide bonds. The summed E-state index contributed by atoms with van der Waals surface area (Å²) in [4.78, 5) is 13.4. The van der Waals surface area contributed by atoms with Crippen molar-refractivity contribution in [3.63, 3.8) is 0 Å². The Bertz CT molecular complexity index is 355. The van der Waals surface area contributed by atoms with Crippen molar-refractivity contribution in [1.29, 1.82) is 0 Å². The average Bonchev–Trinajstić information content (AvgIpc) is 2.39. The van der Waals surface area contributed by atoms with E-state index in [2.05, 4.69) is 4.90 Å². The second kappa shape index (κ2) is 5.09. The van der Waals surface area contributed by atoms with Crippen molar-refractivity contribution in [1.82, 2.24) is 0 Å². The van der Waals surface area contributed by atoms with Crippen LogP contribution in [0, 0.1) is 0 Å². The third kappa shape index (κ3) is 2.40. The maximum atomic E-state index is 11.2. The van der Waals surface area contributed by atoms with Crippen LogP contribution in [0.2, 0.25) is 0 Å². The molecule has 16 heavy (non-hydrogen) atoms. The van der Waals surface area contributed by atoms with Crippen LogP contribution in [0.5, 0.6) is 0 Å². The normalized spacial score (nSPS) is 16.2. The number of ketones is 1. The molecule has 1 aromatic rings.